The second-order valence-electron chi connectivity index (χ2n) is 5.12. The average Bonchev–Trinajstić information content (AvgIpc) is 3.00. The molecule has 1 atom stereocenters. The molecule has 0 amide bonds. The summed E-state index contributed by atoms with van der Waals surface area (Å²) in [4.78, 5) is 2.70. The molecule has 2 aliphatic rings. The number of likely N-dealkylation sites (tertiary alicyclic amines) is 1. The van der Waals surface area contributed by atoms with Gasteiger partial charge in [-0.25, -0.2) is 0 Å². The Bertz CT molecular complexity index is 234. The highest BCUT2D eigenvalue weighted by Crippen LogP contribution is 2.35. The van der Waals surface area contributed by atoms with E-state index in [0.717, 1.165) is 12.0 Å². The van der Waals surface area contributed by atoms with E-state index in [9.17, 15) is 0 Å². The first-order chi connectivity index (χ1) is 6.72. The molecule has 0 aromatic heterocycles. The fourth-order valence-electron chi connectivity index (χ4n) is 2.69. The lowest BCUT2D eigenvalue weighted by Crippen LogP contribution is -2.37. The largest absolute Gasteiger partial charge is 0.296 e. The van der Waals surface area contributed by atoms with Gasteiger partial charge in [0.1, 0.15) is 0 Å². The zero-order valence-electron chi connectivity index (χ0n) is 9.84. The third-order valence-electron chi connectivity index (χ3n) is 3.83. The number of allylic oxidation sites excluding steroid dienone is 1. The van der Waals surface area contributed by atoms with Gasteiger partial charge in [-0.1, -0.05) is 18.1 Å². The Labute approximate surface area is 88.2 Å². The molecule has 1 saturated carbocycles. The Morgan fingerprint density at radius 2 is 2.00 bits per heavy atom. The third-order valence-corrected chi connectivity index (χ3v) is 3.83. The van der Waals surface area contributed by atoms with Crippen molar-refractivity contribution in [3.63, 3.8) is 0 Å². The minimum Gasteiger partial charge on any atom is -0.296 e. The Morgan fingerprint density at radius 3 is 2.50 bits per heavy atom. The maximum absolute atomic E-state index is 2.70. The van der Waals surface area contributed by atoms with Crippen molar-refractivity contribution in [2.75, 3.05) is 13.1 Å². The summed E-state index contributed by atoms with van der Waals surface area (Å²) in [6.07, 6.45) is 5.63. The van der Waals surface area contributed by atoms with Crippen molar-refractivity contribution in [2.24, 2.45) is 5.92 Å². The van der Waals surface area contributed by atoms with Crippen LogP contribution in [0.25, 0.3) is 0 Å². The molecule has 2 rings (SSSR count). The van der Waals surface area contributed by atoms with Crippen LogP contribution in [0, 0.1) is 5.92 Å². The van der Waals surface area contributed by atoms with Crippen LogP contribution in [0.3, 0.4) is 0 Å². The molecule has 1 aliphatic carbocycles. The van der Waals surface area contributed by atoms with E-state index in [1.807, 2.05) is 0 Å². The molecule has 0 aromatic carbocycles. The van der Waals surface area contributed by atoms with Crippen molar-refractivity contribution in [1.29, 1.82) is 0 Å². The van der Waals surface area contributed by atoms with E-state index in [1.54, 1.807) is 11.1 Å². The van der Waals surface area contributed by atoms with Gasteiger partial charge in [-0.2, -0.15) is 0 Å². The SMILES string of the molecule is CC[C@H]1CCN(C2CC2)CC1=C(C)C. The lowest BCUT2D eigenvalue weighted by Gasteiger charge is -2.35. The van der Waals surface area contributed by atoms with Crippen molar-refractivity contribution in [1.82, 2.24) is 4.90 Å². The van der Waals surface area contributed by atoms with Gasteiger partial charge in [0.25, 0.3) is 0 Å². The first-order valence-corrected chi connectivity index (χ1v) is 6.12. The smallest absolute Gasteiger partial charge is 0.0201 e. The van der Waals surface area contributed by atoms with Gasteiger partial charge in [0.05, 0.1) is 0 Å². The van der Waals surface area contributed by atoms with Crippen LogP contribution in [0.4, 0.5) is 0 Å². The summed E-state index contributed by atoms with van der Waals surface area (Å²) in [5, 5.41) is 0. The first-order valence-electron chi connectivity index (χ1n) is 6.12. The number of piperidine rings is 1. The number of rotatable bonds is 2. The van der Waals surface area contributed by atoms with Crippen molar-refractivity contribution in [3.8, 4) is 0 Å². The van der Waals surface area contributed by atoms with Gasteiger partial charge in [0.15, 0.2) is 0 Å². The molecule has 0 bridgehead atoms. The van der Waals surface area contributed by atoms with Gasteiger partial charge in [0.2, 0.25) is 0 Å². The minimum absolute atomic E-state index is 0.884. The van der Waals surface area contributed by atoms with Gasteiger partial charge in [-0.05, 0) is 52.0 Å². The van der Waals surface area contributed by atoms with E-state index in [2.05, 4.69) is 25.7 Å². The molecule has 80 valence electrons. The second-order valence-corrected chi connectivity index (χ2v) is 5.12. The summed E-state index contributed by atoms with van der Waals surface area (Å²) in [6, 6.07) is 0.946. The van der Waals surface area contributed by atoms with Gasteiger partial charge < -0.3 is 0 Å². The zero-order chi connectivity index (χ0) is 10.1. The van der Waals surface area contributed by atoms with Crippen molar-refractivity contribution in [2.45, 2.75) is 52.5 Å². The van der Waals surface area contributed by atoms with E-state index in [1.165, 1.54) is 38.8 Å². The molecule has 1 saturated heterocycles. The maximum Gasteiger partial charge on any atom is 0.0201 e. The van der Waals surface area contributed by atoms with E-state index >= 15 is 0 Å². The second kappa shape index (κ2) is 4.06. The molecule has 1 heteroatoms. The lowest BCUT2D eigenvalue weighted by atomic mass is 9.86. The summed E-state index contributed by atoms with van der Waals surface area (Å²) < 4.78 is 0. The third kappa shape index (κ3) is 2.03. The highest BCUT2D eigenvalue weighted by molar-refractivity contribution is 5.18. The quantitative estimate of drug-likeness (QED) is 0.609. The van der Waals surface area contributed by atoms with Crippen LogP contribution in [0.1, 0.15) is 46.5 Å². The molecule has 1 nitrogen and oxygen atoms in total. The van der Waals surface area contributed by atoms with Crippen LogP contribution in [0.15, 0.2) is 11.1 Å². The number of hydrogen-bond donors (Lipinski definition) is 0. The lowest BCUT2D eigenvalue weighted by molar-refractivity contribution is 0.221. The average molecular weight is 193 g/mol. The summed E-state index contributed by atoms with van der Waals surface area (Å²) in [7, 11) is 0. The van der Waals surface area contributed by atoms with Gasteiger partial charge in [0, 0.05) is 12.6 Å². The number of nitrogens with zero attached hydrogens (tertiary/aromatic N) is 1. The zero-order valence-corrected chi connectivity index (χ0v) is 9.84. The fraction of sp³-hybridized carbons (Fsp3) is 0.846. The molecule has 0 aromatic rings. The van der Waals surface area contributed by atoms with Crippen LogP contribution in [-0.2, 0) is 0 Å². The van der Waals surface area contributed by atoms with E-state index in [4.69, 9.17) is 0 Å². The van der Waals surface area contributed by atoms with E-state index in [0.29, 0.717) is 0 Å². The van der Waals surface area contributed by atoms with Crippen LogP contribution in [0.2, 0.25) is 0 Å². The summed E-state index contributed by atoms with van der Waals surface area (Å²) >= 11 is 0. The molecule has 14 heavy (non-hydrogen) atoms. The van der Waals surface area contributed by atoms with Gasteiger partial charge in [-0.3, -0.25) is 4.90 Å². The Hall–Kier alpha value is -0.300. The summed E-state index contributed by atoms with van der Waals surface area (Å²) in [6.45, 7) is 9.52. The maximum atomic E-state index is 2.70. The van der Waals surface area contributed by atoms with Crippen LogP contribution < -0.4 is 0 Å². The Morgan fingerprint density at radius 1 is 1.29 bits per heavy atom. The molecule has 1 heterocycles. The molecular formula is C13H23N. The minimum atomic E-state index is 0.884. The van der Waals surface area contributed by atoms with E-state index < -0.39 is 0 Å². The fourth-order valence-corrected chi connectivity index (χ4v) is 2.69. The van der Waals surface area contributed by atoms with Crippen LogP contribution in [-0.4, -0.2) is 24.0 Å². The molecule has 0 radical (unpaired) electrons. The highest BCUT2D eigenvalue weighted by atomic mass is 15.2. The molecule has 0 N–H and O–H groups in total. The van der Waals surface area contributed by atoms with Crippen molar-refractivity contribution >= 4 is 0 Å². The van der Waals surface area contributed by atoms with E-state index in [-0.39, 0.29) is 0 Å². The van der Waals surface area contributed by atoms with Gasteiger partial charge in [-0.15, -0.1) is 0 Å². The molecule has 0 spiro atoms. The monoisotopic (exact) mass is 193 g/mol. The molecular weight excluding hydrogens is 170 g/mol. The van der Waals surface area contributed by atoms with Gasteiger partial charge >= 0.3 is 0 Å². The topological polar surface area (TPSA) is 3.24 Å². The number of hydrogen-bond acceptors (Lipinski definition) is 1. The summed E-state index contributed by atoms with van der Waals surface area (Å²) in [5.41, 5.74) is 3.31. The molecule has 1 aliphatic heterocycles. The normalized spacial score (nSPS) is 29.4. The van der Waals surface area contributed by atoms with Crippen LogP contribution >= 0.6 is 0 Å². The first kappa shape index (κ1) is 10.2. The standard InChI is InChI=1S/C13H23N/c1-4-11-7-8-14(12-5-6-12)9-13(11)10(2)3/h11-12H,4-9H2,1-3H3/t11-/m0/s1. The summed E-state index contributed by atoms with van der Waals surface area (Å²) in [5.74, 6) is 0.884. The molecule has 0 unspecified atom stereocenters. The molecule has 2 fully saturated rings. The predicted molar refractivity (Wildman–Crippen MR) is 61.4 cm³/mol. The van der Waals surface area contributed by atoms with Crippen molar-refractivity contribution < 1.29 is 0 Å². The predicted octanol–water partition coefficient (Wildman–Crippen LogP) is 3.22. The highest BCUT2D eigenvalue weighted by Gasteiger charge is 2.33. The van der Waals surface area contributed by atoms with Crippen LogP contribution in [0.5, 0.6) is 0 Å². The Balaban J connectivity index is 2.05. The Kier molecular flexibility index (Phi) is 2.96. The van der Waals surface area contributed by atoms with Crippen molar-refractivity contribution in [3.05, 3.63) is 11.1 Å².